The molecule has 3 rings (SSSR count). The van der Waals surface area contributed by atoms with Crippen molar-refractivity contribution in [2.75, 3.05) is 12.3 Å². The summed E-state index contributed by atoms with van der Waals surface area (Å²) in [6, 6.07) is 0. The molecule has 1 saturated heterocycles. The number of fused-ring (bicyclic) bond motifs is 1. The highest BCUT2D eigenvalue weighted by atomic mass is 32.1. The van der Waals surface area contributed by atoms with Crippen molar-refractivity contribution in [3.05, 3.63) is 9.41 Å². The summed E-state index contributed by atoms with van der Waals surface area (Å²) in [5, 5.41) is 29.1. The smallest absolute Gasteiger partial charge is 0.200 e. The van der Waals surface area contributed by atoms with Crippen LogP contribution in [0.5, 0.6) is 0 Å². The van der Waals surface area contributed by atoms with Crippen molar-refractivity contribution in [2.45, 2.75) is 24.5 Å². The van der Waals surface area contributed by atoms with Gasteiger partial charge in [-0.2, -0.15) is 0 Å². The van der Waals surface area contributed by atoms with E-state index in [9.17, 15) is 10.2 Å². The Labute approximate surface area is 128 Å². The topological polar surface area (TPSA) is 145 Å². The maximum atomic E-state index is 10.1. The number of aromatic amines is 2. The predicted molar refractivity (Wildman–Crippen MR) is 77.5 cm³/mol. The molecule has 2 aromatic heterocycles. The van der Waals surface area contributed by atoms with Crippen LogP contribution >= 0.6 is 24.4 Å². The lowest BCUT2D eigenvalue weighted by Crippen LogP contribution is -2.33. The van der Waals surface area contributed by atoms with E-state index in [1.807, 2.05) is 0 Å². The molecule has 0 unspecified atom stereocenters. The number of nitrogen functional groups attached to an aromatic ring is 1. The SMILES string of the molecule is Nc1nc(=S)c2[nH]c(=S)n([C@@H]3O[C@@H](CO)[C@H](O)[C@@H]3O)c2[nH]1. The molecule has 1 aliphatic rings. The van der Waals surface area contributed by atoms with Crippen molar-refractivity contribution >= 4 is 41.5 Å². The van der Waals surface area contributed by atoms with Crippen LogP contribution < -0.4 is 5.73 Å². The summed E-state index contributed by atoms with van der Waals surface area (Å²) in [6.07, 6.45) is -4.37. The summed E-state index contributed by atoms with van der Waals surface area (Å²) in [4.78, 5) is 9.55. The lowest BCUT2D eigenvalue weighted by molar-refractivity contribution is -0.0516. The van der Waals surface area contributed by atoms with Crippen molar-refractivity contribution in [2.24, 2.45) is 0 Å². The highest BCUT2D eigenvalue weighted by molar-refractivity contribution is 7.71. The second-order valence-electron chi connectivity index (χ2n) is 4.68. The number of nitrogens with two attached hydrogens (primary N) is 1. The lowest BCUT2D eigenvalue weighted by atomic mass is 10.1. The van der Waals surface area contributed by atoms with Gasteiger partial charge in [-0.15, -0.1) is 0 Å². The van der Waals surface area contributed by atoms with E-state index in [1.54, 1.807) is 0 Å². The van der Waals surface area contributed by atoms with Crippen molar-refractivity contribution in [3.8, 4) is 0 Å². The number of anilines is 1. The highest BCUT2D eigenvalue weighted by Crippen LogP contribution is 2.31. The van der Waals surface area contributed by atoms with Gasteiger partial charge in [0.15, 0.2) is 21.6 Å². The summed E-state index contributed by atoms with van der Waals surface area (Å²) >= 11 is 10.3. The minimum Gasteiger partial charge on any atom is -0.394 e. The molecule has 114 valence electrons. The summed E-state index contributed by atoms with van der Waals surface area (Å²) in [5.41, 5.74) is 6.47. The molecule has 7 N–H and O–H groups in total. The van der Waals surface area contributed by atoms with Gasteiger partial charge in [-0.25, -0.2) is 4.98 Å². The minimum absolute atomic E-state index is 0.0852. The number of hydrogen-bond acceptors (Lipinski definition) is 8. The molecule has 0 aliphatic carbocycles. The van der Waals surface area contributed by atoms with E-state index in [1.165, 1.54) is 4.57 Å². The van der Waals surface area contributed by atoms with E-state index in [2.05, 4.69) is 15.0 Å². The Bertz CT molecular complexity index is 799. The van der Waals surface area contributed by atoms with Gasteiger partial charge in [0.25, 0.3) is 0 Å². The number of rotatable bonds is 2. The molecule has 0 radical (unpaired) electrons. The third kappa shape index (κ3) is 2.18. The maximum Gasteiger partial charge on any atom is 0.200 e. The third-order valence-electron chi connectivity index (χ3n) is 3.38. The summed E-state index contributed by atoms with van der Waals surface area (Å²) in [5.74, 6) is 0.0852. The lowest BCUT2D eigenvalue weighted by Gasteiger charge is -2.17. The van der Waals surface area contributed by atoms with E-state index < -0.39 is 31.1 Å². The van der Waals surface area contributed by atoms with E-state index >= 15 is 0 Å². The van der Waals surface area contributed by atoms with Crippen LogP contribution in [-0.4, -0.2) is 59.8 Å². The number of hydrogen-bond donors (Lipinski definition) is 6. The zero-order chi connectivity index (χ0) is 15.3. The van der Waals surface area contributed by atoms with Gasteiger partial charge in [0.05, 0.1) is 6.61 Å². The number of ether oxygens (including phenoxy) is 1. The Hall–Kier alpha value is -1.37. The predicted octanol–water partition coefficient (Wildman–Crippen LogP) is -0.655. The summed E-state index contributed by atoms with van der Waals surface area (Å²) in [6.45, 7) is -0.426. The standard InChI is InChI=1S/C10H13N5O4S2/c11-9-13-6-3(7(20)14-9)12-10(21)15(6)8-5(18)4(17)2(1-16)19-8/h2,4-5,8,16-18H,1H2,(H,12,21)(H3,11,13,14,20)/t2-,4-,5-,8+/m0/s1. The van der Waals surface area contributed by atoms with Gasteiger partial charge < -0.3 is 35.8 Å². The summed E-state index contributed by atoms with van der Waals surface area (Å²) in [7, 11) is 0. The molecule has 1 fully saturated rings. The molecule has 11 heteroatoms. The first-order valence-corrected chi connectivity index (χ1v) is 6.88. The van der Waals surface area contributed by atoms with Gasteiger partial charge in [-0.3, -0.25) is 4.57 Å². The number of aliphatic hydroxyl groups excluding tert-OH is 3. The number of aromatic nitrogens is 4. The quantitative estimate of drug-likeness (QED) is 0.398. The van der Waals surface area contributed by atoms with Crippen LogP contribution in [0, 0.1) is 9.41 Å². The molecule has 0 spiro atoms. The normalized spacial score (nSPS) is 29.3. The van der Waals surface area contributed by atoms with Gasteiger partial charge in [-0.05, 0) is 12.2 Å². The number of nitrogens with zero attached hydrogens (tertiary/aromatic N) is 2. The minimum atomic E-state index is -1.26. The zero-order valence-electron chi connectivity index (χ0n) is 10.6. The van der Waals surface area contributed by atoms with E-state index in [0.717, 1.165) is 0 Å². The van der Waals surface area contributed by atoms with Gasteiger partial charge in [-0.1, -0.05) is 12.2 Å². The second-order valence-corrected chi connectivity index (χ2v) is 5.45. The number of imidazole rings is 1. The summed E-state index contributed by atoms with van der Waals surface area (Å²) < 4.78 is 7.32. The van der Waals surface area contributed by atoms with Crippen molar-refractivity contribution < 1.29 is 20.1 Å². The van der Waals surface area contributed by atoms with E-state index in [4.69, 9.17) is 40.0 Å². The fraction of sp³-hybridized carbons (Fsp3) is 0.500. The molecule has 0 amide bonds. The number of H-pyrrole nitrogens is 2. The molecular weight excluding hydrogens is 318 g/mol. The molecule has 1 aliphatic heterocycles. The van der Waals surface area contributed by atoms with Gasteiger partial charge in [0.2, 0.25) is 0 Å². The first kappa shape index (κ1) is 14.6. The molecule has 9 nitrogen and oxygen atoms in total. The van der Waals surface area contributed by atoms with Crippen LogP contribution in [0.4, 0.5) is 5.95 Å². The largest absolute Gasteiger partial charge is 0.394 e. The Kier molecular flexibility index (Phi) is 3.55. The number of aliphatic hydroxyl groups is 3. The Balaban J connectivity index is 2.20. The molecule has 3 heterocycles. The number of nitrogens with one attached hydrogen (secondary N) is 2. The first-order valence-electron chi connectivity index (χ1n) is 6.06. The van der Waals surface area contributed by atoms with Crippen molar-refractivity contribution in [1.82, 2.24) is 19.5 Å². The van der Waals surface area contributed by atoms with Crippen LogP contribution in [0.15, 0.2) is 0 Å². The third-order valence-corrected chi connectivity index (χ3v) is 3.98. The van der Waals surface area contributed by atoms with Crippen molar-refractivity contribution in [3.63, 3.8) is 0 Å². The first-order chi connectivity index (χ1) is 9.93. The molecule has 0 aromatic carbocycles. The van der Waals surface area contributed by atoms with Gasteiger partial charge in [0.1, 0.15) is 29.5 Å². The maximum absolute atomic E-state index is 10.1. The molecule has 21 heavy (non-hydrogen) atoms. The molecule has 4 atom stereocenters. The van der Waals surface area contributed by atoms with Crippen LogP contribution in [0.1, 0.15) is 6.23 Å². The van der Waals surface area contributed by atoms with Crippen LogP contribution in [0.25, 0.3) is 11.2 Å². The van der Waals surface area contributed by atoms with Crippen LogP contribution in [0.2, 0.25) is 0 Å². The second kappa shape index (κ2) is 5.12. The van der Waals surface area contributed by atoms with E-state index in [-0.39, 0.29) is 15.4 Å². The fourth-order valence-corrected chi connectivity index (χ4v) is 2.92. The van der Waals surface area contributed by atoms with Gasteiger partial charge in [0, 0.05) is 0 Å². The average Bonchev–Trinajstić information content (AvgIpc) is 2.89. The highest BCUT2D eigenvalue weighted by Gasteiger charge is 2.44. The average molecular weight is 331 g/mol. The Morgan fingerprint density at radius 2 is 2.00 bits per heavy atom. The van der Waals surface area contributed by atoms with Crippen LogP contribution in [-0.2, 0) is 4.74 Å². The zero-order valence-corrected chi connectivity index (χ0v) is 12.2. The molecule has 2 aromatic rings. The Morgan fingerprint density at radius 1 is 1.29 bits per heavy atom. The van der Waals surface area contributed by atoms with Crippen molar-refractivity contribution in [1.29, 1.82) is 0 Å². The molecule has 0 bridgehead atoms. The van der Waals surface area contributed by atoms with Crippen LogP contribution in [0.3, 0.4) is 0 Å². The fourth-order valence-electron chi connectivity index (χ4n) is 2.38. The van der Waals surface area contributed by atoms with E-state index in [0.29, 0.717) is 11.2 Å². The van der Waals surface area contributed by atoms with Gasteiger partial charge >= 0.3 is 0 Å². The molecular formula is C10H13N5O4S2. The molecule has 0 saturated carbocycles. The monoisotopic (exact) mass is 331 g/mol. The Morgan fingerprint density at radius 3 is 2.62 bits per heavy atom.